The minimum absolute atomic E-state index is 0.125. The standard InChI is InChI=1S/C23H20Cl2FN3O2S/c1-3-28(13-16-8-10-18(24)19(25)12-16)22(31)11-9-17-14-32-23(27-17)29(15(2)30)21-7-5-4-6-20(21)26/h4-12,14H,3,13H2,1-2H3/b11-9+. The van der Waals surface area contributed by atoms with Crippen LogP contribution in [0.2, 0.25) is 10.0 Å². The lowest BCUT2D eigenvalue weighted by molar-refractivity contribution is -0.126. The Morgan fingerprint density at radius 1 is 1.16 bits per heavy atom. The Balaban J connectivity index is 1.74. The highest BCUT2D eigenvalue weighted by atomic mass is 35.5. The summed E-state index contributed by atoms with van der Waals surface area (Å²) in [7, 11) is 0. The fourth-order valence-corrected chi connectivity index (χ4v) is 4.13. The van der Waals surface area contributed by atoms with Crippen LogP contribution in [0.25, 0.3) is 6.08 Å². The highest BCUT2D eigenvalue weighted by Gasteiger charge is 2.20. The van der Waals surface area contributed by atoms with Gasteiger partial charge in [-0.25, -0.2) is 9.37 Å². The average Bonchev–Trinajstić information content (AvgIpc) is 3.22. The Morgan fingerprint density at radius 2 is 1.91 bits per heavy atom. The van der Waals surface area contributed by atoms with Gasteiger partial charge in [0.1, 0.15) is 5.82 Å². The fraction of sp³-hybridized carbons (Fsp3) is 0.174. The van der Waals surface area contributed by atoms with E-state index in [9.17, 15) is 14.0 Å². The van der Waals surface area contributed by atoms with Crippen LogP contribution in [0, 0.1) is 5.82 Å². The number of rotatable bonds is 7. The second kappa shape index (κ2) is 10.7. The largest absolute Gasteiger partial charge is 0.335 e. The summed E-state index contributed by atoms with van der Waals surface area (Å²) in [4.78, 5) is 32.0. The van der Waals surface area contributed by atoms with E-state index < -0.39 is 5.82 Å². The van der Waals surface area contributed by atoms with Gasteiger partial charge in [-0.15, -0.1) is 11.3 Å². The zero-order valence-electron chi connectivity index (χ0n) is 17.4. The van der Waals surface area contributed by atoms with Gasteiger partial charge in [-0.3, -0.25) is 14.5 Å². The summed E-state index contributed by atoms with van der Waals surface area (Å²) in [6, 6.07) is 11.2. The number of hydrogen-bond donors (Lipinski definition) is 0. The topological polar surface area (TPSA) is 53.5 Å². The van der Waals surface area contributed by atoms with Crippen molar-refractivity contribution in [2.75, 3.05) is 11.4 Å². The Kier molecular flexibility index (Phi) is 8.01. The van der Waals surface area contributed by atoms with E-state index in [1.807, 2.05) is 13.0 Å². The van der Waals surface area contributed by atoms with Gasteiger partial charge in [0.05, 0.1) is 21.4 Å². The first-order valence-electron chi connectivity index (χ1n) is 9.71. The van der Waals surface area contributed by atoms with Gasteiger partial charge >= 0.3 is 0 Å². The van der Waals surface area contributed by atoms with Gasteiger partial charge in [-0.05, 0) is 42.8 Å². The van der Waals surface area contributed by atoms with Crippen LogP contribution in [0.15, 0.2) is 53.9 Å². The molecule has 0 fully saturated rings. The number of nitrogens with zero attached hydrogens (tertiary/aromatic N) is 3. The monoisotopic (exact) mass is 491 g/mol. The van der Waals surface area contributed by atoms with Gasteiger partial charge in [0.25, 0.3) is 0 Å². The molecule has 1 heterocycles. The van der Waals surface area contributed by atoms with Crippen molar-refractivity contribution in [1.29, 1.82) is 0 Å². The molecule has 0 aliphatic carbocycles. The van der Waals surface area contributed by atoms with Crippen LogP contribution in [0.3, 0.4) is 0 Å². The van der Waals surface area contributed by atoms with E-state index in [4.69, 9.17) is 23.2 Å². The van der Waals surface area contributed by atoms with Crippen LogP contribution in [0.5, 0.6) is 0 Å². The third kappa shape index (κ3) is 5.73. The van der Waals surface area contributed by atoms with Crippen molar-refractivity contribution in [3.05, 3.63) is 81.0 Å². The number of para-hydroxylation sites is 1. The second-order valence-corrected chi connectivity index (χ2v) is 8.45. The maximum Gasteiger partial charge on any atom is 0.246 e. The molecule has 0 saturated carbocycles. The van der Waals surface area contributed by atoms with Crippen LogP contribution in [-0.4, -0.2) is 28.2 Å². The lowest BCUT2D eigenvalue weighted by Crippen LogP contribution is -2.28. The molecule has 5 nitrogen and oxygen atoms in total. The number of anilines is 2. The van der Waals surface area contributed by atoms with Crippen molar-refractivity contribution in [3.8, 4) is 0 Å². The molecule has 0 aliphatic heterocycles. The summed E-state index contributed by atoms with van der Waals surface area (Å²) in [6.07, 6.45) is 2.99. The number of hydrogen-bond acceptors (Lipinski definition) is 4. The van der Waals surface area contributed by atoms with E-state index in [0.717, 1.165) is 5.56 Å². The highest BCUT2D eigenvalue weighted by molar-refractivity contribution is 7.14. The van der Waals surface area contributed by atoms with Crippen molar-refractivity contribution in [2.24, 2.45) is 0 Å². The molecule has 2 amide bonds. The summed E-state index contributed by atoms with van der Waals surface area (Å²) >= 11 is 13.2. The highest BCUT2D eigenvalue weighted by Crippen LogP contribution is 2.31. The number of carbonyl (C=O) groups excluding carboxylic acids is 2. The van der Waals surface area contributed by atoms with Crippen LogP contribution in [0.4, 0.5) is 15.2 Å². The number of aromatic nitrogens is 1. The lowest BCUT2D eigenvalue weighted by atomic mass is 10.2. The minimum atomic E-state index is -0.522. The molecule has 1 aromatic heterocycles. The van der Waals surface area contributed by atoms with Crippen molar-refractivity contribution >= 4 is 63.2 Å². The van der Waals surface area contributed by atoms with Gasteiger partial charge in [-0.2, -0.15) is 0 Å². The summed E-state index contributed by atoms with van der Waals surface area (Å²) in [5, 5.41) is 2.91. The third-order valence-corrected chi connectivity index (χ3v) is 6.14. The Labute approximate surface area is 199 Å². The van der Waals surface area contributed by atoms with Crippen LogP contribution in [0.1, 0.15) is 25.1 Å². The number of amides is 2. The second-order valence-electron chi connectivity index (χ2n) is 6.79. The Bertz CT molecular complexity index is 1170. The zero-order valence-corrected chi connectivity index (χ0v) is 19.7. The van der Waals surface area contributed by atoms with E-state index in [2.05, 4.69) is 4.98 Å². The maximum atomic E-state index is 14.2. The van der Waals surface area contributed by atoms with Crippen molar-refractivity contribution < 1.29 is 14.0 Å². The SMILES string of the molecule is CCN(Cc1ccc(Cl)c(Cl)c1)C(=O)/C=C/c1csc(N(C(C)=O)c2ccccc2F)n1. The maximum absolute atomic E-state index is 14.2. The van der Waals surface area contributed by atoms with Crippen LogP contribution >= 0.6 is 34.5 Å². The van der Waals surface area contributed by atoms with Crippen molar-refractivity contribution in [2.45, 2.75) is 20.4 Å². The normalized spacial score (nSPS) is 11.0. The average molecular weight is 492 g/mol. The summed E-state index contributed by atoms with van der Waals surface area (Å²) in [6.45, 7) is 4.10. The van der Waals surface area contributed by atoms with Gasteiger partial charge in [0, 0.05) is 31.5 Å². The summed E-state index contributed by atoms with van der Waals surface area (Å²) in [5.74, 6) is -1.09. The lowest BCUT2D eigenvalue weighted by Gasteiger charge is -2.19. The molecule has 0 saturated heterocycles. The van der Waals surface area contributed by atoms with E-state index in [1.165, 1.54) is 41.4 Å². The first-order chi connectivity index (χ1) is 15.3. The fourth-order valence-electron chi connectivity index (χ4n) is 2.96. The smallest absolute Gasteiger partial charge is 0.246 e. The molecule has 166 valence electrons. The van der Waals surface area contributed by atoms with Crippen molar-refractivity contribution in [3.63, 3.8) is 0 Å². The predicted octanol–water partition coefficient (Wildman–Crippen LogP) is 6.34. The van der Waals surface area contributed by atoms with Gasteiger partial charge < -0.3 is 4.90 Å². The number of halogens is 3. The van der Waals surface area contributed by atoms with Crippen molar-refractivity contribution in [1.82, 2.24) is 9.88 Å². The molecule has 0 radical (unpaired) electrons. The van der Waals surface area contributed by atoms with Crippen LogP contribution < -0.4 is 4.90 Å². The van der Waals surface area contributed by atoms with E-state index >= 15 is 0 Å². The minimum Gasteiger partial charge on any atom is -0.335 e. The Morgan fingerprint density at radius 3 is 2.56 bits per heavy atom. The molecule has 9 heteroatoms. The van der Waals surface area contributed by atoms with E-state index in [0.29, 0.717) is 34.0 Å². The molecular weight excluding hydrogens is 472 g/mol. The summed E-state index contributed by atoms with van der Waals surface area (Å²) < 4.78 is 14.2. The first-order valence-corrected chi connectivity index (χ1v) is 11.4. The van der Waals surface area contributed by atoms with Gasteiger partial charge in [-0.1, -0.05) is 41.4 Å². The molecule has 0 N–H and O–H groups in total. The third-order valence-electron chi connectivity index (χ3n) is 4.56. The quantitative estimate of drug-likeness (QED) is 0.362. The van der Waals surface area contributed by atoms with Crippen LogP contribution in [-0.2, 0) is 16.1 Å². The zero-order chi connectivity index (χ0) is 23.3. The first kappa shape index (κ1) is 23.9. The number of benzene rings is 2. The van der Waals surface area contributed by atoms with E-state index in [1.54, 1.807) is 40.6 Å². The van der Waals surface area contributed by atoms with Gasteiger partial charge in [0.15, 0.2) is 5.13 Å². The molecule has 32 heavy (non-hydrogen) atoms. The molecule has 3 rings (SSSR count). The number of thiazole rings is 1. The molecule has 0 unspecified atom stereocenters. The number of carbonyl (C=O) groups is 2. The molecule has 0 spiro atoms. The van der Waals surface area contributed by atoms with Gasteiger partial charge in [0.2, 0.25) is 11.8 Å². The molecule has 0 bridgehead atoms. The molecule has 3 aromatic rings. The molecule has 0 aliphatic rings. The Hall–Kier alpha value is -2.74. The molecule has 2 aromatic carbocycles. The molecular formula is C23H20Cl2FN3O2S. The van der Waals surface area contributed by atoms with E-state index in [-0.39, 0.29) is 17.5 Å². The number of likely N-dealkylation sites (N-methyl/N-ethyl adjacent to an activating group) is 1. The molecule has 0 atom stereocenters. The summed E-state index contributed by atoms with van der Waals surface area (Å²) in [5.41, 5.74) is 1.48. The predicted molar refractivity (Wildman–Crippen MR) is 128 cm³/mol.